The first-order chi connectivity index (χ1) is 15.6. The number of rotatable bonds is 4. The zero-order valence-corrected chi connectivity index (χ0v) is 20.8. The number of amides is 1. The van der Waals surface area contributed by atoms with Crippen LogP contribution < -0.4 is 0 Å². The molecule has 1 unspecified atom stereocenters. The van der Waals surface area contributed by atoms with Crippen LogP contribution in [0.2, 0.25) is 5.02 Å². The summed E-state index contributed by atoms with van der Waals surface area (Å²) in [6.07, 6.45) is 1.63. The van der Waals surface area contributed by atoms with E-state index in [0.29, 0.717) is 31.1 Å². The predicted octanol–water partition coefficient (Wildman–Crippen LogP) is 4.99. The number of hydrogen-bond donors (Lipinski definition) is 1. The van der Waals surface area contributed by atoms with Gasteiger partial charge in [0.1, 0.15) is 11.9 Å². The Kier molecular flexibility index (Phi) is 6.91. The third-order valence-corrected chi connectivity index (χ3v) is 6.77. The Morgan fingerprint density at radius 1 is 1.33 bits per heavy atom. The third-order valence-electron chi connectivity index (χ3n) is 5.43. The van der Waals surface area contributed by atoms with Crippen molar-refractivity contribution in [2.45, 2.75) is 52.4 Å². The summed E-state index contributed by atoms with van der Waals surface area (Å²) in [4.78, 5) is 24.1. The number of thiophene rings is 1. The number of aromatic nitrogens is 2. The number of nitrogens with zero attached hydrogens (tertiary/aromatic N) is 3. The van der Waals surface area contributed by atoms with Gasteiger partial charge in [-0.05, 0) is 57.0 Å². The maximum absolute atomic E-state index is 12.6. The fourth-order valence-electron chi connectivity index (χ4n) is 3.99. The summed E-state index contributed by atoms with van der Waals surface area (Å²) < 4.78 is 12.5. The zero-order chi connectivity index (χ0) is 23.8. The molecule has 4 rings (SSSR count). The third kappa shape index (κ3) is 5.46. The van der Waals surface area contributed by atoms with Crippen molar-refractivity contribution in [2.75, 3.05) is 19.7 Å². The maximum atomic E-state index is 12.6. The van der Waals surface area contributed by atoms with E-state index in [2.05, 4.69) is 9.97 Å². The number of halogens is 1. The Bertz CT molecular complexity index is 1170. The average Bonchev–Trinajstić information content (AvgIpc) is 3.18. The first kappa shape index (κ1) is 23.9. The van der Waals surface area contributed by atoms with Crippen LogP contribution in [0.15, 0.2) is 24.5 Å². The Hall–Kier alpha value is -2.26. The van der Waals surface area contributed by atoms with Crippen molar-refractivity contribution in [1.82, 2.24) is 14.9 Å². The molecule has 1 amide bonds. The van der Waals surface area contributed by atoms with Crippen LogP contribution in [0.25, 0.3) is 21.5 Å². The quantitative estimate of drug-likeness (QED) is 0.555. The van der Waals surface area contributed by atoms with Crippen molar-refractivity contribution in [2.24, 2.45) is 0 Å². The number of carbonyl (C=O) groups is 1. The van der Waals surface area contributed by atoms with Gasteiger partial charge < -0.3 is 19.5 Å². The molecule has 1 aliphatic rings. The highest BCUT2D eigenvalue weighted by molar-refractivity contribution is 7.19. The molecular weight excluding hydrogens is 462 g/mol. The van der Waals surface area contributed by atoms with Gasteiger partial charge in [0.15, 0.2) is 0 Å². The van der Waals surface area contributed by atoms with Crippen molar-refractivity contribution in [3.8, 4) is 11.3 Å². The van der Waals surface area contributed by atoms with Crippen LogP contribution in [0.1, 0.15) is 36.8 Å². The van der Waals surface area contributed by atoms with Crippen LogP contribution in [0.3, 0.4) is 0 Å². The van der Waals surface area contributed by atoms with Crippen LogP contribution >= 0.6 is 22.9 Å². The molecule has 33 heavy (non-hydrogen) atoms. The molecule has 7 nitrogen and oxygen atoms in total. The highest BCUT2D eigenvalue weighted by atomic mass is 35.5. The van der Waals surface area contributed by atoms with Crippen LogP contribution in [0.5, 0.6) is 0 Å². The monoisotopic (exact) mass is 489 g/mol. The number of aliphatic hydroxyl groups is 1. The van der Waals surface area contributed by atoms with Gasteiger partial charge in [-0.1, -0.05) is 11.6 Å². The molecule has 1 N–H and O–H groups in total. The highest BCUT2D eigenvalue weighted by Crippen LogP contribution is 2.37. The Morgan fingerprint density at radius 3 is 2.85 bits per heavy atom. The minimum Gasteiger partial charge on any atom is -0.444 e. The van der Waals surface area contributed by atoms with Crippen LogP contribution in [-0.2, 0) is 22.5 Å². The maximum Gasteiger partial charge on any atom is 0.410 e. The topological polar surface area (TPSA) is 84.8 Å². The van der Waals surface area contributed by atoms with E-state index in [1.807, 2.05) is 45.9 Å². The van der Waals surface area contributed by atoms with Crippen LogP contribution in [0, 0.1) is 6.92 Å². The van der Waals surface area contributed by atoms with Crippen LogP contribution in [0.4, 0.5) is 4.79 Å². The predicted molar refractivity (Wildman–Crippen MR) is 130 cm³/mol. The lowest BCUT2D eigenvalue weighted by Crippen LogP contribution is -2.48. The molecule has 1 fully saturated rings. The van der Waals surface area contributed by atoms with Crippen molar-refractivity contribution >= 4 is 39.2 Å². The fourth-order valence-corrected chi connectivity index (χ4v) is 5.24. The summed E-state index contributed by atoms with van der Waals surface area (Å²) >= 11 is 7.92. The summed E-state index contributed by atoms with van der Waals surface area (Å²) in [6.45, 7) is 8.97. The summed E-state index contributed by atoms with van der Waals surface area (Å²) in [5.74, 6) is 0. The van der Waals surface area contributed by atoms with Gasteiger partial charge in [0.25, 0.3) is 0 Å². The van der Waals surface area contributed by atoms with Gasteiger partial charge >= 0.3 is 6.09 Å². The second-order valence-corrected chi connectivity index (χ2v) is 10.8. The van der Waals surface area contributed by atoms with Gasteiger partial charge in [-0.2, -0.15) is 0 Å². The van der Waals surface area contributed by atoms with Crippen LogP contribution in [-0.4, -0.2) is 57.5 Å². The first-order valence-corrected chi connectivity index (χ1v) is 12.1. The number of morpholine rings is 1. The van der Waals surface area contributed by atoms with E-state index in [4.69, 9.17) is 21.1 Å². The lowest BCUT2D eigenvalue weighted by molar-refractivity contribution is -0.0415. The standard InChI is InChI=1S/C24H28ClN3O4S/c1-14-7-15(25)8-19(21-22-20(26-13-27-21)10-17(12-29)33-22)18(14)9-16-11-28(5-6-31-16)23(30)32-24(2,3)4/h7-8,10,13,16,29H,5-6,9,11-12H2,1-4H3. The van der Waals surface area contributed by atoms with E-state index in [9.17, 15) is 9.90 Å². The highest BCUT2D eigenvalue weighted by Gasteiger charge is 2.29. The van der Waals surface area contributed by atoms with E-state index < -0.39 is 5.60 Å². The number of aliphatic hydroxyl groups excluding tert-OH is 1. The molecule has 1 aliphatic heterocycles. The van der Waals surface area contributed by atoms with Gasteiger partial charge in [0, 0.05) is 28.4 Å². The molecule has 3 heterocycles. The number of hydrogen-bond acceptors (Lipinski definition) is 7. The van der Waals surface area contributed by atoms with Gasteiger partial charge in [-0.15, -0.1) is 11.3 Å². The lowest BCUT2D eigenvalue weighted by Gasteiger charge is -2.34. The summed E-state index contributed by atoms with van der Waals surface area (Å²) in [7, 11) is 0. The smallest absolute Gasteiger partial charge is 0.410 e. The largest absolute Gasteiger partial charge is 0.444 e. The molecule has 1 saturated heterocycles. The average molecular weight is 490 g/mol. The van der Waals surface area contributed by atoms with Crippen molar-refractivity contribution < 1.29 is 19.4 Å². The van der Waals surface area contributed by atoms with E-state index in [-0.39, 0.29) is 18.8 Å². The molecule has 2 aromatic heterocycles. The summed E-state index contributed by atoms with van der Waals surface area (Å²) in [6, 6.07) is 5.73. The second-order valence-electron chi connectivity index (χ2n) is 9.18. The molecule has 0 spiro atoms. The molecule has 3 aromatic rings. The molecule has 0 saturated carbocycles. The number of carbonyl (C=O) groups excluding carboxylic acids is 1. The van der Waals surface area contributed by atoms with E-state index in [1.165, 1.54) is 17.7 Å². The van der Waals surface area contributed by atoms with Gasteiger partial charge in [-0.3, -0.25) is 0 Å². The van der Waals surface area contributed by atoms with Gasteiger partial charge in [-0.25, -0.2) is 14.8 Å². The first-order valence-electron chi connectivity index (χ1n) is 10.9. The van der Waals surface area contributed by atoms with Crippen molar-refractivity contribution in [3.05, 3.63) is 45.6 Å². The zero-order valence-electron chi connectivity index (χ0n) is 19.2. The number of fused-ring (bicyclic) bond motifs is 1. The van der Waals surface area contributed by atoms with E-state index in [0.717, 1.165) is 37.5 Å². The number of aryl methyl sites for hydroxylation is 1. The minimum absolute atomic E-state index is 0.0433. The van der Waals surface area contributed by atoms with Gasteiger partial charge in [0.2, 0.25) is 0 Å². The molecule has 0 aliphatic carbocycles. The molecular formula is C24H28ClN3O4S. The number of benzene rings is 1. The Morgan fingerprint density at radius 2 is 2.12 bits per heavy atom. The molecule has 1 atom stereocenters. The summed E-state index contributed by atoms with van der Waals surface area (Å²) in [5, 5.41) is 10.2. The van der Waals surface area contributed by atoms with E-state index >= 15 is 0 Å². The molecule has 176 valence electrons. The number of ether oxygens (including phenoxy) is 2. The van der Waals surface area contributed by atoms with Crippen molar-refractivity contribution in [1.29, 1.82) is 0 Å². The molecule has 1 aromatic carbocycles. The Balaban J connectivity index is 1.66. The molecule has 0 radical (unpaired) electrons. The normalized spacial score (nSPS) is 16.9. The molecule has 9 heteroatoms. The van der Waals surface area contributed by atoms with Gasteiger partial charge in [0.05, 0.1) is 41.8 Å². The minimum atomic E-state index is -0.544. The lowest BCUT2D eigenvalue weighted by atomic mass is 9.94. The fraction of sp³-hybridized carbons (Fsp3) is 0.458. The Labute approximate surface area is 202 Å². The van der Waals surface area contributed by atoms with Crippen molar-refractivity contribution in [3.63, 3.8) is 0 Å². The second kappa shape index (κ2) is 9.54. The summed E-state index contributed by atoms with van der Waals surface area (Å²) in [5.41, 5.74) is 4.04. The SMILES string of the molecule is Cc1cc(Cl)cc(-c2ncnc3cc(CO)sc23)c1CC1CN(C(=O)OC(C)(C)C)CCO1. The molecule has 0 bridgehead atoms. The van der Waals surface area contributed by atoms with E-state index in [1.54, 1.807) is 4.90 Å².